The molecule has 5 aromatic rings. The fourth-order valence-corrected chi connectivity index (χ4v) is 5.09. The van der Waals surface area contributed by atoms with Crippen molar-refractivity contribution >= 4 is 52.3 Å². The summed E-state index contributed by atoms with van der Waals surface area (Å²) in [5.74, 6) is 0.283. The van der Waals surface area contributed by atoms with Crippen molar-refractivity contribution in [3.8, 4) is 11.5 Å². The lowest BCUT2D eigenvalue weighted by Gasteiger charge is -2.17. The average molecular weight is 660 g/mol. The molecule has 0 spiro atoms. The van der Waals surface area contributed by atoms with Crippen LogP contribution < -0.4 is 20.2 Å². The van der Waals surface area contributed by atoms with Crippen LogP contribution in [-0.4, -0.2) is 35.8 Å². The number of hydrogen-bond donors (Lipinski definition) is 3. The molecule has 9 nitrogen and oxygen atoms in total. The van der Waals surface area contributed by atoms with Crippen molar-refractivity contribution in [2.75, 3.05) is 6.61 Å². The summed E-state index contributed by atoms with van der Waals surface area (Å²) < 4.78 is 17.1. The Morgan fingerprint density at radius 1 is 0.913 bits per heavy atom. The van der Waals surface area contributed by atoms with Gasteiger partial charge in [0.2, 0.25) is 0 Å². The van der Waals surface area contributed by atoms with Gasteiger partial charge < -0.3 is 24.5 Å². The number of benzene rings is 4. The number of aromatic amines is 1. The van der Waals surface area contributed by atoms with Crippen LogP contribution in [0.3, 0.4) is 0 Å². The minimum Gasteiger partial charge on any atom is -0.490 e. The Morgan fingerprint density at radius 2 is 1.65 bits per heavy atom. The number of nitrogens with zero attached hydrogens (tertiary/aromatic N) is 1. The van der Waals surface area contributed by atoms with Gasteiger partial charge in [0, 0.05) is 28.5 Å². The number of halogens is 2. The molecule has 0 bridgehead atoms. The highest BCUT2D eigenvalue weighted by molar-refractivity contribution is 6.32. The first kappa shape index (κ1) is 32.4. The molecule has 5 rings (SSSR count). The number of hydrogen-bond acceptors (Lipinski definition) is 6. The van der Waals surface area contributed by atoms with Gasteiger partial charge in [0.15, 0.2) is 11.5 Å². The molecule has 0 saturated heterocycles. The number of hydrazone groups is 1. The fourth-order valence-electron chi connectivity index (χ4n) is 4.69. The molecule has 4 aromatic carbocycles. The summed E-state index contributed by atoms with van der Waals surface area (Å²) in [5.41, 5.74) is 6.61. The molecular weight excluding hydrogens is 627 g/mol. The lowest BCUT2D eigenvalue weighted by Crippen LogP contribution is -2.47. The highest BCUT2D eigenvalue weighted by Gasteiger charge is 2.23. The first-order valence-corrected chi connectivity index (χ1v) is 15.3. The van der Waals surface area contributed by atoms with E-state index < -0.39 is 18.0 Å². The second-order valence-electron chi connectivity index (χ2n) is 10.2. The molecule has 2 amide bonds. The highest BCUT2D eigenvalue weighted by Crippen LogP contribution is 2.37. The lowest BCUT2D eigenvalue weighted by atomic mass is 10.0. The third-order valence-corrected chi connectivity index (χ3v) is 7.47. The van der Waals surface area contributed by atoms with Gasteiger partial charge in [-0.05, 0) is 59.5 Å². The Kier molecular flexibility index (Phi) is 11.2. The van der Waals surface area contributed by atoms with Gasteiger partial charge in [-0.1, -0.05) is 83.9 Å². The summed E-state index contributed by atoms with van der Waals surface area (Å²) in [6.45, 7) is 2.56. The molecule has 0 saturated carbocycles. The number of H-pyrrole nitrogens is 1. The molecule has 1 atom stereocenters. The molecule has 11 heteroatoms. The first-order chi connectivity index (χ1) is 22.4. The van der Waals surface area contributed by atoms with E-state index in [1.54, 1.807) is 24.3 Å². The van der Waals surface area contributed by atoms with E-state index in [0.717, 1.165) is 27.6 Å². The fraction of sp³-hybridized carbons (Fsp3) is 0.171. The van der Waals surface area contributed by atoms with E-state index in [1.807, 2.05) is 79.9 Å². The number of amides is 2. The molecule has 0 fully saturated rings. The number of alkyl carbamates (subject to hydrolysis) is 1. The van der Waals surface area contributed by atoms with Crippen molar-refractivity contribution in [2.45, 2.75) is 32.6 Å². The Balaban J connectivity index is 1.28. The van der Waals surface area contributed by atoms with Gasteiger partial charge in [-0.25, -0.2) is 10.2 Å². The smallest absolute Gasteiger partial charge is 0.408 e. The van der Waals surface area contributed by atoms with Crippen molar-refractivity contribution in [1.82, 2.24) is 15.7 Å². The molecule has 3 N–H and O–H groups in total. The predicted octanol–water partition coefficient (Wildman–Crippen LogP) is 7.44. The van der Waals surface area contributed by atoms with Crippen molar-refractivity contribution in [2.24, 2.45) is 5.10 Å². The van der Waals surface area contributed by atoms with Gasteiger partial charge in [-0.15, -0.1) is 0 Å². The van der Waals surface area contributed by atoms with E-state index in [9.17, 15) is 9.59 Å². The van der Waals surface area contributed by atoms with Gasteiger partial charge in [0.25, 0.3) is 5.91 Å². The summed E-state index contributed by atoms with van der Waals surface area (Å²) in [4.78, 5) is 29.3. The number of nitrogens with one attached hydrogen (secondary N) is 3. The summed E-state index contributed by atoms with van der Waals surface area (Å²) in [7, 11) is 0. The Labute approximate surface area is 276 Å². The topological polar surface area (TPSA) is 114 Å². The van der Waals surface area contributed by atoms with Gasteiger partial charge >= 0.3 is 6.09 Å². The third-order valence-electron chi connectivity index (χ3n) is 6.94. The second kappa shape index (κ2) is 15.8. The SMILES string of the molecule is CCOc1cc(/C=N\NC(=O)[C@H](Cc2c[nH]c3ccccc23)NC(=O)OCc2ccccc2)cc(Cl)c1OCc1ccc(Cl)cc1. The predicted molar refractivity (Wildman–Crippen MR) is 180 cm³/mol. The molecular formula is C35H32Cl2N4O5. The lowest BCUT2D eigenvalue weighted by molar-refractivity contribution is -0.123. The van der Waals surface area contributed by atoms with Crippen molar-refractivity contribution < 1.29 is 23.8 Å². The number of carbonyl (C=O) groups excluding carboxylic acids is 2. The number of para-hydroxylation sites is 1. The molecule has 1 aromatic heterocycles. The molecule has 1 heterocycles. The van der Waals surface area contributed by atoms with Crippen LogP contribution in [0.4, 0.5) is 4.79 Å². The van der Waals surface area contributed by atoms with E-state index in [0.29, 0.717) is 33.7 Å². The van der Waals surface area contributed by atoms with E-state index in [-0.39, 0.29) is 19.6 Å². The molecule has 0 aliphatic heterocycles. The van der Waals surface area contributed by atoms with E-state index in [1.165, 1.54) is 6.21 Å². The van der Waals surface area contributed by atoms with Gasteiger partial charge in [-0.3, -0.25) is 4.79 Å². The van der Waals surface area contributed by atoms with Gasteiger partial charge in [-0.2, -0.15) is 5.10 Å². The maximum absolute atomic E-state index is 13.4. The van der Waals surface area contributed by atoms with Crippen LogP contribution in [0.2, 0.25) is 10.0 Å². The van der Waals surface area contributed by atoms with Crippen LogP contribution in [0, 0.1) is 0 Å². The van der Waals surface area contributed by atoms with Crippen LogP contribution >= 0.6 is 23.2 Å². The monoisotopic (exact) mass is 658 g/mol. The van der Waals surface area contributed by atoms with Crippen LogP contribution in [0.5, 0.6) is 11.5 Å². The highest BCUT2D eigenvalue weighted by atomic mass is 35.5. The number of aromatic nitrogens is 1. The molecule has 0 aliphatic carbocycles. The zero-order valence-electron chi connectivity index (χ0n) is 25.0. The molecule has 236 valence electrons. The molecule has 46 heavy (non-hydrogen) atoms. The summed E-state index contributed by atoms with van der Waals surface area (Å²) >= 11 is 12.6. The minimum atomic E-state index is -0.981. The van der Waals surface area contributed by atoms with Crippen molar-refractivity contribution in [3.63, 3.8) is 0 Å². The molecule has 0 unspecified atom stereocenters. The minimum absolute atomic E-state index is 0.0641. The molecule has 0 radical (unpaired) electrons. The summed E-state index contributed by atoms with van der Waals surface area (Å²) in [6.07, 6.45) is 2.73. The van der Waals surface area contributed by atoms with Crippen molar-refractivity contribution in [1.29, 1.82) is 0 Å². The maximum Gasteiger partial charge on any atom is 0.408 e. The normalized spacial score (nSPS) is 11.7. The van der Waals surface area contributed by atoms with Crippen LogP contribution in [0.15, 0.2) is 102 Å². The van der Waals surface area contributed by atoms with Crippen LogP contribution in [0.1, 0.15) is 29.2 Å². The van der Waals surface area contributed by atoms with Crippen LogP contribution in [-0.2, 0) is 29.2 Å². The summed E-state index contributed by atoms with van der Waals surface area (Å²) in [6, 6.07) is 26.7. The van der Waals surface area contributed by atoms with E-state index >= 15 is 0 Å². The Hall–Kier alpha value is -4.99. The number of fused-ring (bicyclic) bond motifs is 1. The van der Waals surface area contributed by atoms with Crippen molar-refractivity contribution in [3.05, 3.63) is 129 Å². The molecule has 0 aliphatic rings. The second-order valence-corrected chi connectivity index (χ2v) is 11.1. The Morgan fingerprint density at radius 3 is 2.43 bits per heavy atom. The maximum atomic E-state index is 13.4. The number of carbonyl (C=O) groups is 2. The van der Waals surface area contributed by atoms with Crippen LogP contribution in [0.25, 0.3) is 10.9 Å². The first-order valence-electron chi connectivity index (χ1n) is 14.6. The van der Waals surface area contributed by atoms with Gasteiger partial charge in [0.1, 0.15) is 19.3 Å². The van der Waals surface area contributed by atoms with Gasteiger partial charge in [0.05, 0.1) is 17.8 Å². The zero-order valence-corrected chi connectivity index (χ0v) is 26.5. The zero-order chi connectivity index (χ0) is 32.3. The van der Waals surface area contributed by atoms with E-state index in [2.05, 4.69) is 20.8 Å². The Bertz CT molecular complexity index is 1810. The quantitative estimate of drug-likeness (QED) is 0.0899. The number of rotatable bonds is 13. The standard InChI is InChI=1S/C35H32Cl2N4O5/c1-2-44-32-17-25(16-29(37)33(32)45-21-24-12-14-27(36)15-13-24)19-39-41-34(42)31(18-26-20-38-30-11-7-6-10-28(26)30)40-35(43)46-22-23-8-4-3-5-9-23/h3-17,19-20,31,38H,2,18,21-22H2,1H3,(H,40,43)(H,41,42)/b39-19-/t31-/m0/s1. The summed E-state index contributed by atoms with van der Waals surface area (Å²) in [5, 5.41) is 8.71. The number of ether oxygens (including phenoxy) is 3. The third kappa shape index (κ3) is 8.80. The largest absolute Gasteiger partial charge is 0.490 e. The van der Waals surface area contributed by atoms with E-state index in [4.69, 9.17) is 37.4 Å². The average Bonchev–Trinajstić information content (AvgIpc) is 3.47.